The van der Waals surface area contributed by atoms with E-state index in [-0.39, 0.29) is 30.0 Å². The van der Waals surface area contributed by atoms with Crippen LogP contribution in [0, 0.1) is 0 Å². The second-order valence-electron chi connectivity index (χ2n) is 9.32. The molecule has 0 radical (unpaired) electrons. The molecule has 5 rings (SSSR count). The maximum atomic E-state index is 14.6. The number of aromatic nitrogens is 4. The monoisotopic (exact) mass is 557 g/mol. The highest BCUT2D eigenvalue weighted by Crippen LogP contribution is 2.33. The zero-order valence-electron chi connectivity index (χ0n) is 22.9. The van der Waals surface area contributed by atoms with Crippen LogP contribution >= 0.6 is 0 Å². The lowest BCUT2D eigenvalue weighted by atomic mass is 10.1. The Morgan fingerprint density at radius 2 is 2.08 bits per heavy atom. The number of rotatable bonds is 7. The molecule has 0 bridgehead atoms. The number of fused-ring (bicyclic) bond motifs is 1. The average Bonchev–Trinajstić information content (AvgIpc) is 3.38. The molecule has 2 atom stereocenters. The van der Waals surface area contributed by atoms with E-state index in [1.54, 1.807) is 6.07 Å². The molecule has 0 spiro atoms. The van der Waals surface area contributed by atoms with Gasteiger partial charge in [-0.15, -0.1) is 0 Å². The van der Waals surface area contributed by atoms with Gasteiger partial charge in [0.25, 0.3) is 11.8 Å². The van der Waals surface area contributed by atoms with Gasteiger partial charge in [0.05, 0.1) is 42.2 Å². The van der Waals surface area contributed by atoms with Gasteiger partial charge in [0, 0.05) is 31.4 Å². The molecule has 0 aliphatic carbocycles. The number of ether oxygens (including phenoxy) is 1. The summed E-state index contributed by atoms with van der Waals surface area (Å²) in [6.45, 7) is -1.55. The van der Waals surface area contributed by atoms with Crippen molar-refractivity contribution in [1.29, 1.82) is 0 Å². The Hall–Kier alpha value is -3.50. The van der Waals surface area contributed by atoms with Gasteiger partial charge in [0.1, 0.15) is 23.6 Å². The third-order valence-corrected chi connectivity index (χ3v) is 7.69. The molecule has 0 unspecified atom stereocenters. The molecule has 0 saturated carbocycles. The fourth-order valence-electron chi connectivity index (χ4n) is 4.65. The molecule has 204 valence electrons. The van der Waals surface area contributed by atoms with Gasteiger partial charge in [-0.2, -0.15) is 9.40 Å². The van der Waals surface area contributed by atoms with Crippen LogP contribution in [0.4, 0.5) is 19.0 Å². The molecule has 16 heteroatoms. The highest BCUT2D eigenvalue weighted by atomic mass is 32.2. The number of anilines is 1. The minimum atomic E-state index is -3.72. The van der Waals surface area contributed by atoms with E-state index in [0.717, 1.165) is 10.6 Å². The van der Waals surface area contributed by atoms with E-state index in [0.29, 0.717) is 16.8 Å². The average molecular weight is 558 g/mol. The number of carbonyl (C=O) groups excluding carboxylic acids is 1. The number of amides is 1. The van der Waals surface area contributed by atoms with E-state index in [1.165, 1.54) is 28.0 Å². The molecule has 38 heavy (non-hydrogen) atoms. The number of alkyl halides is 3. The molecule has 12 nitrogen and oxygen atoms in total. The van der Waals surface area contributed by atoms with E-state index >= 15 is 0 Å². The van der Waals surface area contributed by atoms with Crippen LogP contribution in [0.1, 0.15) is 20.0 Å². The number of likely N-dealkylation sites (tertiary alicyclic amines) is 1. The lowest BCUT2D eigenvalue weighted by Crippen LogP contribution is -2.55. The van der Waals surface area contributed by atoms with Crippen LogP contribution in [0.25, 0.3) is 16.8 Å². The van der Waals surface area contributed by atoms with Gasteiger partial charge in [-0.3, -0.25) is 9.69 Å². The Kier molecular flexibility index (Phi) is 5.53. The van der Waals surface area contributed by atoms with Gasteiger partial charge < -0.3 is 15.8 Å². The molecule has 5 heterocycles. The fourth-order valence-corrected chi connectivity index (χ4v) is 5.50. The quantitative estimate of drug-likeness (QED) is 0.425. The van der Waals surface area contributed by atoms with Crippen molar-refractivity contribution >= 4 is 27.3 Å². The normalized spacial score (nSPS) is 23.4. The predicted octanol–water partition coefficient (Wildman–Crippen LogP) is 0.545. The second kappa shape index (κ2) is 9.36. The standard InChI is InChI=1S/C22H25F3N8O4S/c1-37-21-14(20(34)30-16-8-32(7-15(16)23)38(2,35)36)3-12(5-27-21)17-4-13(6-31-9-22(24,25)10-31)18-19(26)28-11-29-33(17)18/h3-5,11,15-16H,6-10H2,1-2H3,(H,30,34)(H2,26,28,29)/t15-,16+/m0/s1/i1D3. The maximum Gasteiger partial charge on any atom is 0.272 e. The Balaban J connectivity index is 1.51. The summed E-state index contributed by atoms with van der Waals surface area (Å²) in [5.41, 5.74) is 7.13. The molecule has 0 aromatic carbocycles. The molecule has 2 aliphatic heterocycles. The molecule has 2 aliphatic rings. The summed E-state index contributed by atoms with van der Waals surface area (Å²) in [6, 6.07) is 1.64. The van der Waals surface area contributed by atoms with E-state index in [4.69, 9.17) is 14.6 Å². The van der Waals surface area contributed by atoms with Crippen LogP contribution < -0.4 is 15.8 Å². The third-order valence-electron chi connectivity index (χ3n) is 6.45. The number of nitrogens with zero attached hydrogens (tertiary/aromatic N) is 6. The highest BCUT2D eigenvalue weighted by Gasteiger charge is 2.44. The van der Waals surface area contributed by atoms with Gasteiger partial charge in [0.2, 0.25) is 15.9 Å². The highest BCUT2D eigenvalue weighted by molar-refractivity contribution is 7.88. The van der Waals surface area contributed by atoms with Crippen LogP contribution in [0.2, 0.25) is 0 Å². The van der Waals surface area contributed by atoms with Crippen molar-refractivity contribution in [3.8, 4) is 17.1 Å². The van der Waals surface area contributed by atoms with Gasteiger partial charge in [-0.05, 0) is 17.7 Å². The number of methoxy groups -OCH3 is 1. The summed E-state index contributed by atoms with van der Waals surface area (Å²) in [4.78, 5) is 22.8. The maximum absolute atomic E-state index is 14.6. The van der Waals surface area contributed by atoms with Gasteiger partial charge in [-0.25, -0.2) is 36.1 Å². The summed E-state index contributed by atoms with van der Waals surface area (Å²) in [5.74, 6) is -4.24. The first-order valence-electron chi connectivity index (χ1n) is 12.8. The molecular weight excluding hydrogens is 529 g/mol. The molecule has 3 N–H and O–H groups in total. The molecular formula is C22H25F3N8O4S. The first kappa shape index (κ1) is 22.5. The minimum Gasteiger partial charge on any atom is -0.480 e. The van der Waals surface area contributed by atoms with Gasteiger partial charge >= 0.3 is 0 Å². The number of pyridine rings is 1. The molecule has 2 saturated heterocycles. The van der Waals surface area contributed by atoms with E-state index in [9.17, 15) is 26.4 Å². The fraction of sp³-hybridized carbons (Fsp3) is 0.455. The number of halogens is 3. The van der Waals surface area contributed by atoms with Crippen molar-refractivity contribution < 1.29 is 35.2 Å². The molecule has 3 aromatic heterocycles. The second-order valence-corrected chi connectivity index (χ2v) is 11.3. The smallest absolute Gasteiger partial charge is 0.272 e. The van der Waals surface area contributed by atoms with Crippen LogP contribution in [-0.2, 0) is 16.6 Å². The van der Waals surface area contributed by atoms with Crippen molar-refractivity contribution in [3.05, 3.63) is 35.8 Å². The molecule has 1 amide bonds. The van der Waals surface area contributed by atoms with E-state index in [2.05, 4.69) is 20.4 Å². The van der Waals surface area contributed by atoms with Crippen molar-refractivity contribution in [1.82, 2.24) is 34.1 Å². The number of nitrogen functional groups attached to an aromatic ring is 1. The summed E-state index contributed by atoms with van der Waals surface area (Å²) in [7, 11) is -6.70. The Morgan fingerprint density at radius 1 is 1.32 bits per heavy atom. The molecule has 2 fully saturated rings. The minimum absolute atomic E-state index is 0.0764. The van der Waals surface area contributed by atoms with Crippen LogP contribution in [0.15, 0.2) is 24.7 Å². The number of nitrogens with two attached hydrogens (primary N) is 1. The molecule has 3 aromatic rings. The van der Waals surface area contributed by atoms with Crippen molar-refractivity contribution in [2.75, 3.05) is 45.2 Å². The predicted molar refractivity (Wildman–Crippen MR) is 130 cm³/mol. The van der Waals surface area contributed by atoms with Gasteiger partial charge in [-0.1, -0.05) is 0 Å². The summed E-state index contributed by atoms with van der Waals surface area (Å²) in [5, 5.41) is 6.60. The Bertz CT molecular complexity index is 1610. The number of carbonyl (C=O) groups is 1. The van der Waals surface area contributed by atoms with E-state index < -0.39 is 66.6 Å². The van der Waals surface area contributed by atoms with E-state index in [1.807, 2.05) is 0 Å². The number of hydrogen-bond donors (Lipinski definition) is 2. The van der Waals surface area contributed by atoms with Crippen molar-refractivity contribution in [2.45, 2.75) is 24.7 Å². The largest absolute Gasteiger partial charge is 0.480 e. The van der Waals surface area contributed by atoms with Gasteiger partial charge in [0.15, 0.2) is 5.82 Å². The number of nitrogens with one attached hydrogen (secondary N) is 1. The zero-order chi connectivity index (χ0) is 29.9. The lowest BCUT2D eigenvalue weighted by molar-refractivity contribution is -0.133. The summed E-state index contributed by atoms with van der Waals surface area (Å²) in [6.07, 6.45) is 1.59. The number of hydrogen-bond acceptors (Lipinski definition) is 9. The Morgan fingerprint density at radius 3 is 2.74 bits per heavy atom. The third kappa shape index (κ3) is 4.86. The van der Waals surface area contributed by atoms with Crippen LogP contribution in [0.3, 0.4) is 0 Å². The van der Waals surface area contributed by atoms with Crippen molar-refractivity contribution in [3.63, 3.8) is 0 Å². The first-order chi connectivity index (χ1) is 19.0. The zero-order valence-corrected chi connectivity index (χ0v) is 20.8. The Labute approximate surface area is 219 Å². The lowest BCUT2D eigenvalue weighted by Gasteiger charge is -2.38. The summed E-state index contributed by atoms with van der Waals surface area (Å²) >= 11 is 0. The first-order valence-corrected chi connectivity index (χ1v) is 13.2. The van der Waals surface area contributed by atoms with Crippen LogP contribution in [-0.4, -0.2) is 101 Å². The summed E-state index contributed by atoms with van der Waals surface area (Å²) < 4.78 is 94.7. The topological polar surface area (TPSA) is 148 Å². The SMILES string of the molecule is [2H]C([2H])([2H])Oc1ncc(-c2cc(CN3CC(F)(F)C3)c3c(N)ncnn23)cc1C(=O)N[C@@H]1CN(S(C)(=O)=O)C[C@@H]1F. The number of sulfonamides is 1. The van der Waals surface area contributed by atoms with Crippen LogP contribution in [0.5, 0.6) is 5.88 Å². The van der Waals surface area contributed by atoms with Crippen molar-refractivity contribution in [2.24, 2.45) is 0 Å².